The molecule has 3 aromatic rings. The number of ether oxygens (including phenoxy) is 1. The molecule has 0 saturated carbocycles. The van der Waals surface area contributed by atoms with Crippen molar-refractivity contribution in [2.75, 3.05) is 16.8 Å². The van der Waals surface area contributed by atoms with Crippen molar-refractivity contribution >= 4 is 23.0 Å². The molecule has 1 unspecified atom stereocenters. The molecule has 0 saturated heterocycles. The van der Waals surface area contributed by atoms with Gasteiger partial charge in [0.25, 0.3) is 5.91 Å². The predicted octanol–water partition coefficient (Wildman–Crippen LogP) is 4.66. The number of rotatable bonds is 5. The fourth-order valence-electron chi connectivity index (χ4n) is 3.48. The molecule has 0 aromatic heterocycles. The third-order valence-corrected chi connectivity index (χ3v) is 5.01. The molecule has 3 aromatic carbocycles. The van der Waals surface area contributed by atoms with E-state index in [-0.39, 0.29) is 5.91 Å². The number of fused-ring (bicyclic) bond motifs is 1. The summed E-state index contributed by atoms with van der Waals surface area (Å²) in [7, 11) is 0. The Bertz CT molecular complexity index is 1070. The van der Waals surface area contributed by atoms with E-state index in [4.69, 9.17) is 10.00 Å². The van der Waals surface area contributed by atoms with Crippen LogP contribution >= 0.6 is 0 Å². The number of hydrogen-bond donors (Lipinski definition) is 1. The van der Waals surface area contributed by atoms with E-state index in [1.807, 2.05) is 24.3 Å². The van der Waals surface area contributed by atoms with Gasteiger partial charge in [0.1, 0.15) is 11.8 Å². The predicted molar refractivity (Wildman–Crippen MR) is 113 cm³/mol. The van der Waals surface area contributed by atoms with Gasteiger partial charge in [0, 0.05) is 23.6 Å². The molecule has 1 heterocycles. The van der Waals surface area contributed by atoms with Crippen LogP contribution in [-0.2, 0) is 11.2 Å². The molecule has 1 aliphatic rings. The molecule has 0 aliphatic carbocycles. The Balaban J connectivity index is 1.41. The number of para-hydroxylation sites is 2. The molecule has 144 valence electrons. The van der Waals surface area contributed by atoms with Crippen LogP contribution < -0.4 is 15.0 Å². The van der Waals surface area contributed by atoms with Gasteiger partial charge in [-0.25, -0.2) is 0 Å². The first-order chi connectivity index (χ1) is 14.2. The maximum Gasteiger partial charge on any atom is 0.265 e. The van der Waals surface area contributed by atoms with Gasteiger partial charge in [-0.2, -0.15) is 5.26 Å². The lowest BCUT2D eigenvalue weighted by Crippen LogP contribution is -2.30. The molecule has 0 fully saturated rings. The average Bonchev–Trinajstić information content (AvgIpc) is 3.19. The lowest BCUT2D eigenvalue weighted by molar-refractivity contribution is -0.122. The number of nitrogens with one attached hydrogen (secondary N) is 1. The molecule has 5 heteroatoms. The summed E-state index contributed by atoms with van der Waals surface area (Å²) in [6.07, 6.45) is 0.308. The summed E-state index contributed by atoms with van der Waals surface area (Å²) in [6, 6.07) is 25.2. The first-order valence-corrected chi connectivity index (χ1v) is 9.58. The Hall–Kier alpha value is -3.78. The molecule has 1 amide bonds. The number of nitriles is 1. The van der Waals surface area contributed by atoms with Crippen molar-refractivity contribution in [1.29, 1.82) is 5.26 Å². The van der Waals surface area contributed by atoms with Crippen LogP contribution in [0.2, 0.25) is 0 Å². The number of anilines is 3. The van der Waals surface area contributed by atoms with Crippen LogP contribution in [0.4, 0.5) is 17.1 Å². The standard InChI is InChI=1S/C24H21N3O2/c1-17(29-23-9-5-3-7-19(23)16-25)24(28)26-20-10-12-21(13-11-20)27-15-14-18-6-2-4-8-22(18)27/h2-13,17H,14-15H2,1H3,(H,26,28). The van der Waals surface area contributed by atoms with Gasteiger partial charge in [-0.1, -0.05) is 30.3 Å². The molecule has 0 bridgehead atoms. The molecule has 5 nitrogen and oxygen atoms in total. The zero-order valence-electron chi connectivity index (χ0n) is 16.1. The highest BCUT2D eigenvalue weighted by atomic mass is 16.5. The quantitative estimate of drug-likeness (QED) is 0.696. The maximum atomic E-state index is 12.5. The van der Waals surface area contributed by atoms with E-state index >= 15 is 0 Å². The van der Waals surface area contributed by atoms with E-state index in [9.17, 15) is 4.79 Å². The summed E-state index contributed by atoms with van der Waals surface area (Å²) < 4.78 is 5.67. The van der Waals surface area contributed by atoms with E-state index < -0.39 is 6.10 Å². The first kappa shape index (κ1) is 18.6. The lowest BCUT2D eigenvalue weighted by atomic mass is 10.2. The van der Waals surface area contributed by atoms with E-state index in [0.717, 1.165) is 18.7 Å². The number of benzene rings is 3. The van der Waals surface area contributed by atoms with Crippen LogP contribution in [0.15, 0.2) is 72.8 Å². The molecule has 0 spiro atoms. The molecule has 1 N–H and O–H groups in total. The zero-order valence-corrected chi connectivity index (χ0v) is 16.1. The number of carbonyl (C=O) groups excluding carboxylic acids is 1. The smallest absolute Gasteiger partial charge is 0.265 e. The minimum atomic E-state index is -0.727. The van der Waals surface area contributed by atoms with Crippen molar-refractivity contribution in [2.24, 2.45) is 0 Å². The average molecular weight is 383 g/mol. The van der Waals surface area contributed by atoms with Gasteiger partial charge in [-0.3, -0.25) is 4.79 Å². The molecule has 4 rings (SSSR count). The largest absolute Gasteiger partial charge is 0.480 e. The fourth-order valence-corrected chi connectivity index (χ4v) is 3.48. The van der Waals surface area contributed by atoms with Gasteiger partial charge in [0.2, 0.25) is 0 Å². The summed E-state index contributed by atoms with van der Waals surface area (Å²) in [4.78, 5) is 14.8. The second-order valence-electron chi connectivity index (χ2n) is 6.93. The van der Waals surface area contributed by atoms with Crippen LogP contribution in [0.5, 0.6) is 5.75 Å². The number of nitrogens with zero attached hydrogens (tertiary/aromatic N) is 2. The van der Waals surface area contributed by atoms with E-state index in [2.05, 4.69) is 40.6 Å². The fraction of sp³-hybridized carbons (Fsp3) is 0.167. The summed E-state index contributed by atoms with van der Waals surface area (Å²) in [5.74, 6) is 0.137. The first-order valence-electron chi connectivity index (χ1n) is 9.58. The van der Waals surface area contributed by atoms with Crippen LogP contribution in [0.25, 0.3) is 0 Å². The Morgan fingerprint density at radius 1 is 1.07 bits per heavy atom. The van der Waals surface area contributed by atoms with Crippen LogP contribution in [-0.4, -0.2) is 18.6 Å². The Kier molecular flexibility index (Phi) is 5.17. The second-order valence-corrected chi connectivity index (χ2v) is 6.93. The van der Waals surface area contributed by atoms with Gasteiger partial charge < -0.3 is 15.0 Å². The number of amides is 1. The van der Waals surface area contributed by atoms with Gasteiger partial charge in [0.15, 0.2) is 6.10 Å². The molecule has 1 atom stereocenters. The highest BCUT2D eigenvalue weighted by Gasteiger charge is 2.20. The summed E-state index contributed by atoms with van der Waals surface area (Å²) in [5, 5.41) is 12.0. The monoisotopic (exact) mass is 383 g/mol. The lowest BCUT2D eigenvalue weighted by Gasteiger charge is -2.20. The maximum absolute atomic E-state index is 12.5. The van der Waals surface area contributed by atoms with Crippen molar-refractivity contribution in [3.8, 4) is 11.8 Å². The van der Waals surface area contributed by atoms with Crippen molar-refractivity contribution in [3.63, 3.8) is 0 Å². The minimum absolute atomic E-state index is 0.267. The molecule has 1 aliphatic heterocycles. The third kappa shape index (κ3) is 3.92. The Morgan fingerprint density at radius 2 is 1.79 bits per heavy atom. The van der Waals surface area contributed by atoms with E-state index in [0.29, 0.717) is 17.0 Å². The van der Waals surface area contributed by atoms with Crippen LogP contribution in [0, 0.1) is 11.3 Å². The minimum Gasteiger partial charge on any atom is -0.480 e. The van der Waals surface area contributed by atoms with Gasteiger partial charge in [-0.05, 0) is 61.4 Å². The van der Waals surface area contributed by atoms with Crippen molar-refractivity contribution < 1.29 is 9.53 Å². The van der Waals surface area contributed by atoms with Crippen molar-refractivity contribution in [3.05, 3.63) is 83.9 Å². The topological polar surface area (TPSA) is 65.4 Å². The van der Waals surface area contributed by atoms with Gasteiger partial charge >= 0.3 is 0 Å². The number of carbonyl (C=O) groups is 1. The van der Waals surface area contributed by atoms with Gasteiger partial charge in [0.05, 0.1) is 5.56 Å². The SMILES string of the molecule is CC(Oc1ccccc1C#N)C(=O)Nc1ccc(N2CCc3ccccc32)cc1. The molecular formula is C24H21N3O2. The van der Waals surface area contributed by atoms with E-state index in [1.165, 1.54) is 11.3 Å². The second kappa shape index (κ2) is 8.07. The molecular weight excluding hydrogens is 362 g/mol. The Labute approximate surface area is 170 Å². The summed E-state index contributed by atoms with van der Waals surface area (Å²) in [6.45, 7) is 2.62. The summed E-state index contributed by atoms with van der Waals surface area (Å²) in [5.41, 5.74) is 4.80. The summed E-state index contributed by atoms with van der Waals surface area (Å²) >= 11 is 0. The number of hydrogen-bond acceptors (Lipinski definition) is 4. The van der Waals surface area contributed by atoms with Crippen LogP contribution in [0.1, 0.15) is 18.1 Å². The van der Waals surface area contributed by atoms with Crippen molar-refractivity contribution in [2.45, 2.75) is 19.4 Å². The normalized spacial score (nSPS) is 13.3. The van der Waals surface area contributed by atoms with Gasteiger partial charge in [-0.15, -0.1) is 0 Å². The zero-order chi connectivity index (χ0) is 20.2. The van der Waals surface area contributed by atoms with Crippen molar-refractivity contribution in [1.82, 2.24) is 0 Å². The highest BCUT2D eigenvalue weighted by Crippen LogP contribution is 2.34. The van der Waals surface area contributed by atoms with E-state index in [1.54, 1.807) is 31.2 Å². The third-order valence-electron chi connectivity index (χ3n) is 5.01. The molecule has 29 heavy (non-hydrogen) atoms. The molecule has 0 radical (unpaired) electrons. The highest BCUT2D eigenvalue weighted by molar-refractivity contribution is 5.94. The van der Waals surface area contributed by atoms with Crippen LogP contribution in [0.3, 0.4) is 0 Å². The Morgan fingerprint density at radius 3 is 2.59 bits per heavy atom.